The Morgan fingerprint density at radius 1 is 1.38 bits per heavy atom. The summed E-state index contributed by atoms with van der Waals surface area (Å²) in [4.78, 5) is 12.7. The number of halogens is 1. The van der Waals surface area contributed by atoms with Gasteiger partial charge in [0.1, 0.15) is 6.04 Å². The maximum absolute atomic E-state index is 10.9. The third kappa shape index (κ3) is 3.04. The molecule has 3 N–H and O–H groups in total. The van der Waals surface area contributed by atoms with Crippen molar-refractivity contribution in [1.82, 2.24) is 4.90 Å². The molecular weight excluding hydrogens is 272 g/mol. The fraction of sp³-hybridized carbons (Fsp3) is 0.364. The highest BCUT2D eigenvalue weighted by molar-refractivity contribution is 9.10. The molecule has 88 valence electrons. The molecule has 0 saturated carbocycles. The summed E-state index contributed by atoms with van der Waals surface area (Å²) in [6.45, 7) is 0. The first kappa shape index (κ1) is 13.2. The van der Waals surface area contributed by atoms with Crippen molar-refractivity contribution < 1.29 is 9.90 Å². The van der Waals surface area contributed by atoms with Crippen LogP contribution in [-0.4, -0.2) is 36.1 Å². The first-order valence-corrected chi connectivity index (χ1v) is 5.63. The highest BCUT2D eigenvalue weighted by Gasteiger charge is 2.27. The van der Waals surface area contributed by atoms with Gasteiger partial charge in [0.25, 0.3) is 0 Å². The Kier molecular flexibility index (Phi) is 4.46. The Morgan fingerprint density at radius 2 is 1.88 bits per heavy atom. The standard InChI is InChI=1S/C11H15BrN2O2/c1-14(2)10(9(13)11(15)16)7-3-5-8(12)6-4-7/h3-6,9-10H,13H2,1-2H3,(H,15,16). The SMILES string of the molecule is CN(C)C(c1ccc(Br)cc1)C(N)C(=O)O. The number of nitrogens with two attached hydrogens (primary N) is 1. The van der Waals surface area contributed by atoms with Crippen molar-refractivity contribution in [2.45, 2.75) is 12.1 Å². The van der Waals surface area contributed by atoms with Gasteiger partial charge in [0, 0.05) is 4.47 Å². The fourth-order valence-corrected chi connectivity index (χ4v) is 1.89. The van der Waals surface area contributed by atoms with E-state index in [-0.39, 0.29) is 6.04 Å². The Labute approximate surface area is 103 Å². The van der Waals surface area contributed by atoms with Gasteiger partial charge in [-0.25, -0.2) is 0 Å². The van der Waals surface area contributed by atoms with Crippen LogP contribution < -0.4 is 5.73 Å². The van der Waals surface area contributed by atoms with Crippen LogP contribution in [0.2, 0.25) is 0 Å². The van der Waals surface area contributed by atoms with Crippen LogP contribution in [0.1, 0.15) is 11.6 Å². The van der Waals surface area contributed by atoms with Crippen LogP contribution in [0.15, 0.2) is 28.7 Å². The first-order valence-electron chi connectivity index (χ1n) is 4.83. The number of likely N-dealkylation sites (N-methyl/N-ethyl adjacent to an activating group) is 1. The topological polar surface area (TPSA) is 66.6 Å². The van der Waals surface area contributed by atoms with E-state index in [2.05, 4.69) is 15.9 Å². The molecule has 0 saturated heterocycles. The molecule has 0 aliphatic rings. The molecule has 2 atom stereocenters. The summed E-state index contributed by atoms with van der Waals surface area (Å²) in [7, 11) is 3.63. The first-order chi connectivity index (χ1) is 7.43. The summed E-state index contributed by atoms with van der Waals surface area (Å²) in [6.07, 6.45) is 0. The average molecular weight is 287 g/mol. The Morgan fingerprint density at radius 3 is 2.25 bits per heavy atom. The molecule has 0 spiro atoms. The lowest BCUT2D eigenvalue weighted by molar-refractivity contribution is -0.140. The Bertz CT molecular complexity index is 365. The molecule has 0 bridgehead atoms. The molecule has 0 fully saturated rings. The molecule has 0 aromatic heterocycles. The van der Waals surface area contributed by atoms with E-state index in [1.165, 1.54) is 0 Å². The van der Waals surface area contributed by atoms with Crippen LogP contribution in [0.3, 0.4) is 0 Å². The van der Waals surface area contributed by atoms with E-state index in [4.69, 9.17) is 10.8 Å². The lowest BCUT2D eigenvalue weighted by Gasteiger charge is -2.27. The lowest BCUT2D eigenvalue weighted by atomic mass is 9.99. The number of hydrogen-bond donors (Lipinski definition) is 2. The third-order valence-electron chi connectivity index (χ3n) is 2.39. The number of hydrogen-bond acceptors (Lipinski definition) is 3. The van der Waals surface area contributed by atoms with Crippen molar-refractivity contribution in [3.05, 3.63) is 34.3 Å². The molecule has 1 aromatic carbocycles. The normalized spacial score (nSPS) is 14.8. The van der Waals surface area contributed by atoms with Crippen LogP contribution >= 0.6 is 15.9 Å². The van der Waals surface area contributed by atoms with Gasteiger partial charge in [-0.2, -0.15) is 0 Å². The zero-order chi connectivity index (χ0) is 12.3. The van der Waals surface area contributed by atoms with Gasteiger partial charge < -0.3 is 15.7 Å². The third-order valence-corrected chi connectivity index (χ3v) is 2.92. The van der Waals surface area contributed by atoms with Gasteiger partial charge in [-0.3, -0.25) is 4.79 Å². The number of nitrogens with zero attached hydrogens (tertiary/aromatic N) is 1. The van der Waals surface area contributed by atoms with Gasteiger partial charge in [0.15, 0.2) is 0 Å². The van der Waals surface area contributed by atoms with Gasteiger partial charge in [-0.05, 0) is 31.8 Å². The number of benzene rings is 1. The molecule has 0 heterocycles. The van der Waals surface area contributed by atoms with Crippen LogP contribution in [0.4, 0.5) is 0 Å². The van der Waals surface area contributed by atoms with E-state index < -0.39 is 12.0 Å². The van der Waals surface area contributed by atoms with Crippen molar-refractivity contribution >= 4 is 21.9 Å². The van der Waals surface area contributed by atoms with Gasteiger partial charge in [-0.15, -0.1) is 0 Å². The second-order valence-electron chi connectivity index (χ2n) is 3.82. The molecule has 5 heteroatoms. The monoisotopic (exact) mass is 286 g/mol. The van der Waals surface area contributed by atoms with Crippen molar-refractivity contribution in [3.63, 3.8) is 0 Å². The van der Waals surface area contributed by atoms with Crippen molar-refractivity contribution in [1.29, 1.82) is 0 Å². The molecule has 0 amide bonds. The largest absolute Gasteiger partial charge is 0.480 e. The second-order valence-corrected chi connectivity index (χ2v) is 4.74. The zero-order valence-electron chi connectivity index (χ0n) is 9.22. The highest BCUT2D eigenvalue weighted by atomic mass is 79.9. The average Bonchev–Trinajstić information content (AvgIpc) is 2.20. The number of rotatable bonds is 4. The predicted octanol–water partition coefficient (Wildman–Crippen LogP) is 1.46. The Balaban J connectivity index is 3.03. The van der Waals surface area contributed by atoms with Crippen LogP contribution in [-0.2, 0) is 4.79 Å². The van der Waals surface area contributed by atoms with Gasteiger partial charge in [0.05, 0.1) is 6.04 Å². The summed E-state index contributed by atoms with van der Waals surface area (Å²) in [5, 5.41) is 8.96. The van der Waals surface area contributed by atoms with E-state index >= 15 is 0 Å². The number of carboxylic acid groups (broad SMARTS) is 1. The molecular formula is C11H15BrN2O2. The molecule has 2 unspecified atom stereocenters. The van der Waals surface area contributed by atoms with Gasteiger partial charge >= 0.3 is 5.97 Å². The molecule has 1 aromatic rings. The number of carboxylic acids is 1. The minimum absolute atomic E-state index is 0.328. The smallest absolute Gasteiger partial charge is 0.322 e. The predicted molar refractivity (Wildman–Crippen MR) is 66.2 cm³/mol. The minimum Gasteiger partial charge on any atom is -0.480 e. The van der Waals surface area contributed by atoms with Gasteiger partial charge in [-0.1, -0.05) is 28.1 Å². The maximum atomic E-state index is 10.9. The molecule has 16 heavy (non-hydrogen) atoms. The quantitative estimate of drug-likeness (QED) is 0.880. The second kappa shape index (κ2) is 5.43. The molecule has 4 nitrogen and oxygen atoms in total. The Hall–Kier alpha value is -0.910. The van der Waals surface area contributed by atoms with Gasteiger partial charge in [0.2, 0.25) is 0 Å². The van der Waals surface area contributed by atoms with Crippen LogP contribution in [0, 0.1) is 0 Å². The summed E-state index contributed by atoms with van der Waals surface area (Å²) in [6, 6.07) is 6.23. The summed E-state index contributed by atoms with van der Waals surface area (Å²) < 4.78 is 0.956. The lowest BCUT2D eigenvalue weighted by Crippen LogP contribution is -2.43. The minimum atomic E-state index is -0.999. The van der Waals surface area contributed by atoms with Crippen molar-refractivity contribution in [3.8, 4) is 0 Å². The fourth-order valence-electron chi connectivity index (χ4n) is 1.62. The van der Waals surface area contributed by atoms with E-state index in [1.54, 1.807) is 0 Å². The highest BCUT2D eigenvalue weighted by Crippen LogP contribution is 2.23. The molecule has 1 rings (SSSR count). The molecule has 0 aliphatic carbocycles. The van der Waals surface area contributed by atoms with Crippen molar-refractivity contribution in [2.24, 2.45) is 5.73 Å². The molecule has 0 aliphatic heterocycles. The van der Waals surface area contributed by atoms with E-state index in [0.717, 1.165) is 10.0 Å². The number of aliphatic carboxylic acids is 1. The molecule has 0 radical (unpaired) electrons. The maximum Gasteiger partial charge on any atom is 0.322 e. The summed E-state index contributed by atoms with van der Waals surface area (Å²) in [5.74, 6) is -0.999. The summed E-state index contributed by atoms with van der Waals surface area (Å²) in [5.41, 5.74) is 6.57. The van der Waals surface area contributed by atoms with E-state index in [1.807, 2.05) is 43.3 Å². The number of carbonyl (C=O) groups is 1. The summed E-state index contributed by atoms with van der Waals surface area (Å²) >= 11 is 3.34. The zero-order valence-corrected chi connectivity index (χ0v) is 10.8. The van der Waals surface area contributed by atoms with Crippen LogP contribution in [0.25, 0.3) is 0 Å². The van der Waals surface area contributed by atoms with Crippen molar-refractivity contribution in [2.75, 3.05) is 14.1 Å². The van der Waals surface area contributed by atoms with Crippen LogP contribution in [0.5, 0.6) is 0 Å². The van der Waals surface area contributed by atoms with E-state index in [9.17, 15) is 4.79 Å². The van der Waals surface area contributed by atoms with E-state index in [0.29, 0.717) is 0 Å².